The zero-order valence-corrected chi connectivity index (χ0v) is 11.2. The summed E-state index contributed by atoms with van der Waals surface area (Å²) in [7, 11) is 1.56. The van der Waals surface area contributed by atoms with Crippen molar-refractivity contribution in [3.05, 3.63) is 11.5 Å². The van der Waals surface area contributed by atoms with Gasteiger partial charge < -0.3 is 10.1 Å². The maximum Gasteiger partial charge on any atom is 0.198 e. The number of ether oxygens (including phenoxy) is 1. The minimum atomic E-state index is 0.310. The average Bonchev–Trinajstić information content (AvgIpc) is 2.27. The molecule has 0 aromatic carbocycles. The van der Waals surface area contributed by atoms with Gasteiger partial charge in [0.05, 0.1) is 7.11 Å². The molecule has 4 nitrogen and oxygen atoms in total. The molecule has 0 aliphatic heterocycles. The molecule has 0 spiro atoms. The van der Waals surface area contributed by atoms with Crippen molar-refractivity contribution in [2.45, 2.75) is 19.9 Å². The monoisotopic (exact) mass is 261 g/mol. The van der Waals surface area contributed by atoms with Crippen molar-refractivity contribution in [1.29, 1.82) is 0 Å². The lowest BCUT2D eigenvalue weighted by atomic mass is 10.4. The van der Waals surface area contributed by atoms with Crippen LogP contribution in [0.25, 0.3) is 0 Å². The second kappa shape index (κ2) is 6.81. The Hall–Kier alpha value is -0.680. The van der Waals surface area contributed by atoms with Crippen LogP contribution in [-0.4, -0.2) is 34.6 Å². The highest BCUT2D eigenvalue weighted by Gasteiger charge is 2.12. The highest BCUT2D eigenvalue weighted by atomic mass is 35.5. The molecule has 0 saturated heterocycles. The lowest BCUT2D eigenvalue weighted by Gasteiger charge is -2.15. The quantitative estimate of drug-likeness (QED) is 0.798. The van der Waals surface area contributed by atoms with E-state index in [0.717, 1.165) is 11.5 Å². The molecule has 0 bridgehead atoms. The van der Waals surface area contributed by atoms with E-state index in [2.05, 4.69) is 29.1 Å². The van der Waals surface area contributed by atoms with Gasteiger partial charge in [-0.1, -0.05) is 18.5 Å². The maximum atomic E-state index is 5.90. The topological polar surface area (TPSA) is 47.0 Å². The van der Waals surface area contributed by atoms with Crippen molar-refractivity contribution in [3.8, 4) is 5.75 Å². The summed E-state index contributed by atoms with van der Waals surface area (Å²) in [6.45, 7) is 4.23. The Bertz CT molecular complexity index is 338. The maximum absolute atomic E-state index is 5.90. The highest BCUT2D eigenvalue weighted by molar-refractivity contribution is 7.99. The number of thioether (sulfide) groups is 1. The molecule has 1 aromatic rings. The third-order valence-electron chi connectivity index (χ3n) is 1.92. The Balaban J connectivity index is 2.69. The number of nitrogens with zero attached hydrogens (tertiary/aromatic N) is 2. The van der Waals surface area contributed by atoms with Crippen molar-refractivity contribution in [1.82, 2.24) is 9.97 Å². The van der Waals surface area contributed by atoms with Crippen LogP contribution in [-0.2, 0) is 0 Å². The summed E-state index contributed by atoms with van der Waals surface area (Å²) in [5, 5.41) is 3.58. The molecule has 1 aromatic heterocycles. The molecule has 90 valence electrons. The Morgan fingerprint density at radius 1 is 1.56 bits per heavy atom. The third kappa shape index (κ3) is 3.72. The first-order chi connectivity index (χ1) is 7.69. The van der Waals surface area contributed by atoms with E-state index in [0.29, 0.717) is 22.8 Å². The molecule has 16 heavy (non-hydrogen) atoms. The fraction of sp³-hybridized carbons (Fsp3) is 0.600. The van der Waals surface area contributed by atoms with Gasteiger partial charge in [0, 0.05) is 11.8 Å². The largest absolute Gasteiger partial charge is 0.490 e. The number of halogens is 1. The average molecular weight is 262 g/mol. The molecular weight excluding hydrogens is 246 g/mol. The zero-order chi connectivity index (χ0) is 12.0. The van der Waals surface area contributed by atoms with Crippen LogP contribution < -0.4 is 10.1 Å². The van der Waals surface area contributed by atoms with Gasteiger partial charge in [0.2, 0.25) is 0 Å². The fourth-order valence-corrected chi connectivity index (χ4v) is 2.09. The molecule has 1 atom stereocenters. The first kappa shape index (κ1) is 13.4. The Kier molecular flexibility index (Phi) is 5.69. The van der Waals surface area contributed by atoms with Crippen LogP contribution in [0, 0.1) is 0 Å². The molecule has 0 saturated carbocycles. The molecule has 0 fully saturated rings. The molecule has 0 aliphatic rings. The first-order valence-corrected chi connectivity index (χ1v) is 6.61. The molecule has 1 heterocycles. The molecular formula is C10H16ClN3OS. The SMILES string of the molecule is CCSCC(C)Nc1ncnc(Cl)c1OC. The van der Waals surface area contributed by atoms with E-state index in [1.165, 1.54) is 6.33 Å². The Morgan fingerprint density at radius 2 is 2.31 bits per heavy atom. The number of rotatable bonds is 6. The van der Waals surface area contributed by atoms with Crippen molar-refractivity contribution < 1.29 is 4.74 Å². The van der Waals surface area contributed by atoms with Gasteiger partial charge in [-0.25, -0.2) is 9.97 Å². The van der Waals surface area contributed by atoms with E-state index < -0.39 is 0 Å². The van der Waals surface area contributed by atoms with Crippen LogP contribution in [0.1, 0.15) is 13.8 Å². The number of aromatic nitrogens is 2. The predicted octanol–water partition coefficient (Wildman–Crippen LogP) is 2.69. The van der Waals surface area contributed by atoms with Crippen LogP contribution >= 0.6 is 23.4 Å². The summed E-state index contributed by atoms with van der Waals surface area (Å²) in [5.74, 6) is 3.26. The van der Waals surface area contributed by atoms with E-state index >= 15 is 0 Å². The molecule has 1 N–H and O–H groups in total. The van der Waals surface area contributed by atoms with Crippen molar-refractivity contribution in [3.63, 3.8) is 0 Å². The van der Waals surface area contributed by atoms with Gasteiger partial charge in [-0.2, -0.15) is 11.8 Å². The van der Waals surface area contributed by atoms with Crippen molar-refractivity contribution in [2.75, 3.05) is 23.9 Å². The first-order valence-electron chi connectivity index (χ1n) is 5.07. The number of nitrogens with one attached hydrogen (secondary N) is 1. The predicted molar refractivity (Wildman–Crippen MR) is 69.7 cm³/mol. The van der Waals surface area contributed by atoms with Gasteiger partial charge >= 0.3 is 0 Å². The Labute approximate surface area is 105 Å². The van der Waals surface area contributed by atoms with Crippen LogP contribution in [0.5, 0.6) is 5.75 Å². The van der Waals surface area contributed by atoms with E-state index in [1.807, 2.05) is 11.8 Å². The van der Waals surface area contributed by atoms with E-state index in [9.17, 15) is 0 Å². The van der Waals surface area contributed by atoms with Crippen LogP contribution in [0.4, 0.5) is 5.82 Å². The number of hydrogen-bond donors (Lipinski definition) is 1. The molecule has 0 amide bonds. The lowest BCUT2D eigenvalue weighted by Crippen LogP contribution is -2.19. The normalized spacial score (nSPS) is 12.2. The number of methoxy groups -OCH3 is 1. The van der Waals surface area contributed by atoms with Gasteiger partial charge in [-0.05, 0) is 12.7 Å². The second-order valence-corrected chi connectivity index (χ2v) is 4.93. The van der Waals surface area contributed by atoms with E-state index in [-0.39, 0.29) is 0 Å². The Morgan fingerprint density at radius 3 is 2.94 bits per heavy atom. The minimum absolute atomic E-state index is 0.310. The minimum Gasteiger partial charge on any atom is -0.490 e. The van der Waals surface area contributed by atoms with Gasteiger partial charge in [-0.3, -0.25) is 0 Å². The molecule has 0 radical (unpaired) electrons. The number of anilines is 1. The smallest absolute Gasteiger partial charge is 0.198 e. The molecule has 0 aliphatic carbocycles. The zero-order valence-electron chi connectivity index (χ0n) is 9.66. The summed E-state index contributed by atoms with van der Waals surface area (Å²) in [4.78, 5) is 7.98. The van der Waals surface area contributed by atoms with Crippen LogP contribution in [0.2, 0.25) is 5.15 Å². The summed E-state index contributed by atoms with van der Waals surface area (Å²) in [6.07, 6.45) is 1.42. The van der Waals surface area contributed by atoms with Crippen molar-refractivity contribution >= 4 is 29.2 Å². The molecule has 1 unspecified atom stereocenters. The third-order valence-corrected chi connectivity index (χ3v) is 3.33. The summed E-state index contributed by atoms with van der Waals surface area (Å²) >= 11 is 7.77. The van der Waals surface area contributed by atoms with Gasteiger partial charge in [-0.15, -0.1) is 0 Å². The fourth-order valence-electron chi connectivity index (χ4n) is 1.21. The van der Waals surface area contributed by atoms with Gasteiger partial charge in [0.1, 0.15) is 6.33 Å². The van der Waals surface area contributed by atoms with Gasteiger partial charge in [0.25, 0.3) is 0 Å². The standard InChI is InChI=1S/C10H16ClN3OS/c1-4-16-5-7(2)14-10-8(15-3)9(11)12-6-13-10/h6-7H,4-5H2,1-3H3,(H,12,13,14). The lowest BCUT2D eigenvalue weighted by molar-refractivity contribution is 0.412. The van der Waals surface area contributed by atoms with Crippen LogP contribution in [0.15, 0.2) is 6.33 Å². The molecule has 1 rings (SSSR count). The van der Waals surface area contributed by atoms with E-state index in [1.54, 1.807) is 7.11 Å². The highest BCUT2D eigenvalue weighted by Crippen LogP contribution is 2.28. The summed E-state index contributed by atoms with van der Waals surface area (Å²) in [5.41, 5.74) is 0. The van der Waals surface area contributed by atoms with Gasteiger partial charge in [0.15, 0.2) is 16.7 Å². The molecule has 6 heteroatoms. The van der Waals surface area contributed by atoms with Crippen LogP contribution in [0.3, 0.4) is 0 Å². The van der Waals surface area contributed by atoms with E-state index in [4.69, 9.17) is 16.3 Å². The second-order valence-electron chi connectivity index (χ2n) is 3.25. The summed E-state index contributed by atoms with van der Waals surface area (Å²) in [6, 6.07) is 0.310. The summed E-state index contributed by atoms with van der Waals surface area (Å²) < 4.78 is 5.16. The number of hydrogen-bond acceptors (Lipinski definition) is 5. The van der Waals surface area contributed by atoms with Crippen molar-refractivity contribution in [2.24, 2.45) is 0 Å².